The molecule has 4 heteroatoms. The van der Waals surface area contributed by atoms with Gasteiger partial charge in [0.1, 0.15) is 5.75 Å². The maximum atomic E-state index is 6.14. The van der Waals surface area contributed by atoms with Crippen molar-refractivity contribution in [2.45, 2.75) is 19.9 Å². The number of methoxy groups -OCH3 is 1. The fraction of sp³-hybridized carbons (Fsp3) is 0.294. The molecule has 0 aliphatic heterocycles. The van der Waals surface area contributed by atoms with Crippen molar-refractivity contribution in [1.29, 1.82) is 0 Å². The van der Waals surface area contributed by atoms with E-state index in [1.54, 1.807) is 7.11 Å². The number of halogens is 2. The molecule has 1 unspecified atom stereocenters. The van der Waals surface area contributed by atoms with E-state index < -0.39 is 0 Å². The van der Waals surface area contributed by atoms with Crippen molar-refractivity contribution in [2.75, 3.05) is 13.7 Å². The van der Waals surface area contributed by atoms with Crippen molar-refractivity contribution >= 4 is 27.5 Å². The van der Waals surface area contributed by atoms with Crippen LogP contribution in [0.3, 0.4) is 0 Å². The third-order valence-electron chi connectivity index (χ3n) is 3.43. The predicted molar refractivity (Wildman–Crippen MR) is 92.4 cm³/mol. The third-order valence-corrected chi connectivity index (χ3v) is 4.34. The van der Waals surface area contributed by atoms with Crippen LogP contribution in [0.1, 0.15) is 29.7 Å². The van der Waals surface area contributed by atoms with Crippen LogP contribution >= 0.6 is 27.5 Å². The summed E-state index contributed by atoms with van der Waals surface area (Å²) in [6.45, 7) is 4.98. The Morgan fingerprint density at radius 1 is 1.24 bits per heavy atom. The van der Waals surface area contributed by atoms with Crippen LogP contribution in [0.2, 0.25) is 5.02 Å². The first-order chi connectivity index (χ1) is 10.1. The highest BCUT2D eigenvalue weighted by Gasteiger charge is 2.18. The number of rotatable bonds is 5. The highest BCUT2D eigenvalue weighted by Crippen LogP contribution is 2.33. The first kappa shape index (κ1) is 16.3. The highest BCUT2D eigenvalue weighted by molar-refractivity contribution is 9.10. The van der Waals surface area contributed by atoms with E-state index in [1.807, 2.05) is 25.1 Å². The molecule has 0 saturated heterocycles. The summed E-state index contributed by atoms with van der Waals surface area (Å²) in [6, 6.07) is 12.2. The molecular formula is C17H19BrClNO. The van der Waals surface area contributed by atoms with E-state index in [1.165, 1.54) is 5.56 Å². The zero-order valence-corrected chi connectivity index (χ0v) is 14.8. The Balaban J connectivity index is 2.52. The Morgan fingerprint density at radius 2 is 2.00 bits per heavy atom. The van der Waals surface area contributed by atoms with E-state index in [9.17, 15) is 0 Å². The van der Waals surface area contributed by atoms with Crippen LogP contribution in [0.15, 0.2) is 40.9 Å². The quantitative estimate of drug-likeness (QED) is 0.791. The Bertz CT molecular complexity index is 630. The second-order valence-corrected chi connectivity index (χ2v) is 6.21. The van der Waals surface area contributed by atoms with Gasteiger partial charge in [-0.1, -0.05) is 46.6 Å². The molecule has 0 radical (unpaired) electrons. The van der Waals surface area contributed by atoms with Crippen LogP contribution in [0.4, 0.5) is 0 Å². The topological polar surface area (TPSA) is 21.3 Å². The first-order valence-electron chi connectivity index (χ1n) is 6.89. The van der Waals surface area contributed by atoms with Gasteiger partial charge in [-0.25, -0.2) is 0 Å². The normalized spacial score (nSPS) is 12.2. The Labute approximate surface area is 139 Å². The lowest BCUT2D eigenvalue weighted by Crippen LogP contribution is -2.22. The standard InChI is InChI=1S/C17H19BrClNO/c1-4-20-17(12-5-7-15(19)11(2)9-12)14-10-13(18)6-8-16(14)21-3/h5-10,17,20H,4H2,1-3H3. The van der Waals surface area contributed by atoms with Gasteiger partial charge in [0.25, 0.3) is 0 Å². The Hall–Kier alpha value is -1.03. The monoisotopic (exact) mass is 367 g/mol. The van der Waals surface area contributed by atoms with E-state index in [0.29, 0.717) is 0 Å². The molecule has 0 fully saturated rings. The summed E-state index contributed by atoms with van der Waals surface area (Å²) in [7, 11) is 1.70. The molecule has 1 atom stereocenters. The summed E-state index contributed by atoms with van der Waals surface area (Å²) < 4.78 is 6.55. The summed E-state index contributed by atoms with van der Waals surface area (Å²) in [5.74, 6) is 0.872. The predicted octanol–water partition coefficient (Wildman–Crippen LogP) is 5.12. The molecule has 2 rings (SSSR count). The summed E-state index contributed by atoms with van der Waals surface area (Å²) in [4.78, 5) is 0. The summed E-state index contributed by atoms with van der Waals surface area (Å²) in [5, 5.41) is 4.31. The first-order valence-corrected chi connectivity index (χ1v) is 8.06. The molecule has 2 aromatic rings. The number of nitrogens with one attached hydrogen (secondary N) is 1. The van der Waals surface area contributed by atoms with Crippen molar-refractivity contribution < 1.29 is 4.74 Å². The molecule has 1 N–H and O–H groups in total. The average Bonchev–Trinajstić information content (AvgIpc) is 2.48. The highest BCUT2D eigenvalue weighted by atomic mass is 79.9. The number of hydrogen-bond acceptors (Lipinski definition) is 2. The molecule has 21 heavy (non-hydrogen) atoms. The summed E-state index contributed by atoms with van der Waals surface area (Å²) in [5.41, 5.74) is 3.36. The van der Waals surface area contributed by atoms with E-state index in [4.69, 9.17) is 16.3 Å². The van der Waals surface area contributed by atoms with Gasteiger partial charge in [-0.3, -0.25) is 0 Å². The number of ether oxygens (including phenoxy) is 1. The lowest BCUT2D eigenvalue weighted by molar-refractivity contribution is 0.404. The number of benzene rings is 2. The van der Waals surface area contributed by atoms with Crippen LogP contribution in [-0.2, 0) is 0 Å². The number of hydrogen-bond donors (Lipinski definition) is 1. The fourth-order valence-corrected chi connectivity index (χ4v) is 2.89. The van der Waals surface area contributed by atoms with Gasteiger partial charge < -0.3 is 10.1 Å². The van der Waals surface area contributed by atoms with Crippen molar-refractivity contribution in [3.05, 3.63) is 62.6 Å². The zero-order chi connectivity index (χ0) is 15.4. The lowest BCUT2D eigenvalue weighted by atomic mass is 9.96. The SMILES string of the molecule is CCNC(c1ccc(Cl)c(C)c1)c1cc(Br)ccc1OC. The van der Waals surface area contributed by atoms with Gasteiger partial charge in [-0.05, 0) is 48.9 Å². The van der Waals surface area contributed by atoms with Gasteiger partial charge in [0.15, 0.2) is 0 Å². The maximum absolute atomic E-state index is 6.14. The van der Waals surface area contributed by atoms with Crippen LogP contribution in [-0.4, -0.2) is 13.7 Å². The van der Waals surface area contributed by atoms with Gasteiger partial charge in [0, 0.05) is 15.1 Å². The van der Waals surface area contributed by atoms with Gasteiger partial charge in [0.2, 0.25) is 0 Å². The molecule has 0 heterocycles. The molecule has 2 nitrogen and oxygen atoms in total. The van der Waals surface area contributed by atoms with Crippen molar-refractivity contribution in [2.24, 2.45) is 0 Å². The maximum Gasteiger partial charge on any atom is 0.124 e. The second-order valence-electron chi connectivity index (χ2n) is 4.89. The summed E-state index contributed by atoms with van der Waals surface area (Å²) >= 11 is 9.68. The number of aryl methyl sites for hydroxylation is 1. The molecule has 0 bridgehead atoms. The van der Waals surface area contributed by atoms with Crippen LogP contribution in [0.25, 0.3) is 0 Å². The van der Waals surface area contributed by atoms with Crippen LogP contribution in [0.5, 0.6) is 5.75 Å². The van der Waals surface area contributed by atoms with Gasteiger partial charge in [0.05, 0.1) is 13.2 Å². The zero-order valence-electron chi connectivity index (χ0n) is 12.4. The average molecular weight is 369 g/mol. The van der Waals surface area contributed by atoms with E-state index in [0.717, 1.165) is 32.9 Å². The van der Waals surface area contributed by atoms with E-state index in [-0.39, 0.29) is 6.04 Å². The van der Waals surface area contributed by atoms with Gasteiger partial charge >= 0.3 is 0 Å². The minimum absolute atomic E-state index is 0.0680. The molecule has 112 valence electrons. The Kier molecular flexibility index (Phi) is 5.68. The molecule has 0 aromatic heterocycles. The molecule has 0 saturated carbocycles. The largest absolute Gasteiger partial charge is 0.496 e. The minimum atomic E-state index is 0.0680. The molecular weight excluding hydrogens is 350 g/mol. The van der Waals surface area contributed by atoms with Gasteiger partial charge in [-0.15, -0.1) is 0 Å². The van der Waals surface area contributed by atoms with Crippen molar-refractivity contribution in [1.82, 2.24) is 5.32 Å². The second kappa shape index (κ2) is 7.30. The molecule has 2 aromatic carbocycles. The van der Waals surface area contributed by atoms with Crippen LogP contribution < -0.4 is 10.1 Å². The third kappa shape index (κ3) is 3.79. The lowest BCUT2D eigenvalue weighted by Gasteiger charge is -2.22. The van der Waals surface area contributed by atoms with E-state index >= 15 is 0 Å². The Morgan fingerprint density at radius 3 is 2.62 bits per heavy atom. The smallest absolute Gasteiger partial charge is 0.124 e. The molecule has 0 spiro atoms. The van der Waals surface area contributed by atoms with Crippen LogP contribution in [0, 0.1) is 6.92 Å². The van der Waals surface area contributed by atoms with Gasteiger partial charge in [-0.2, -0.15) is 0 Å². The fourth-order valence-electron chi connectivity index (χ4n) is 2.39. The van der Waals surface area contributed by atoms with Crippen molar-refractivity contribution in [3.8, 4) is 5.75 Å². The molecule has 0 aliphatic rings. The minimum Gasteiger partial charge on any atom is -0.496 e. The molecule has 0 aliphatic carbocycles. The van der Waals surface area contributed by atoms with E-state index in [2.05, 4.69) is 46.4 Å². The van der Waals surface area contributed by atoms with Crippen molar-refractivity contribution in [3.63, 3.8) is 0 Å². The summed E-state index contributed by atoms with van der Waals surface area (Å²) in [6.07, 6.45) is 0. The molecule has 0 amide bonds.